The molecule has 0 bridgehead atoms. The van der Waals surface area contributed by atoms with Crippen LogP contribution >= 0.6 is 11.6 Å². The topological polar surface area (TPSA) is 58.5 Å². The largest absolute Gasteiger partial charge is 0.329 e. The molecule has 5 heteroatoms. The van der Waals surface area contributed by atoms with Gasteiger partial charge in [-0.15, -0.1) is 0 Å². The Labute approximate surface area is 152 Å². The van der Waals surface area contributed by atoms with Crippen LogP contribution < -0.4 is 5.32 Å². The summed E-state index contributed by atoms with van der Waals surface area (Å²) < 4.78 is 0. The highest BCUT2D eigenvalue weighted by Crippen LogP contribution is 2.13. The predicted octanol–water partition coefficient (Wildman–Crippen LogP) is 4.09. The minimum atomic E-state index is 0.0110. The second-order valence-electron chi connectivity index (χ2n) is 5.38. The van der Waals surface area contributed by atoms with Crippen LogP contribution in [-0.4, -0.2) is 25.0 Å². The first-order valence-electron chi connectivity index (χ1n) is 7.85. The highest BCUT2D eigenvalue weighted by Gasteiger charge is 2.03. The van der Waals surface area contributed by atoms with Crippen LogP contribution in [0.4, 0.5) is 5.69 Å². The van der Waals surface area contributed by atoms with Crippen molar-refractivity contribution in [3.8, 4) is 0 Å². The number of nitrogens with one attached hydrogen (secondary N) is 1. The molecule has 0 atom stereocenters. The summed E-state index contributed by atoms with van der Waals surface area (Å²) in [6.45, 7) is 0. The van der Waals surface area contributed by atoms with E-state index in [9.17, 15) is 9.59 Å². The summed E-state index contributed by atoms with van der Waals surface area (Å²) in [7, 11) is 1.68. The van der Waals surface area contributed by atoms with Crippen molar-refractivity contribution in [2.75, 3.05) is 12.4 Å². The number of allylic oxidation sites excluding steroid dienone is 2. The van der Waals surface area contributed by atoms with E-state index in [1.165, 1.54) is 6.08 Å². The molecule has 2 aromatic rings. The van der Waals surface area contributed by atoms with Gasteiger partial charge in [-0.05, 0) is 48.4 Å². The van der Waals surface area contributed by atoms with Gasteiger partial charge in [-0.3, -0.25) is 14.6 Å². The van der Waals surface area contributed by atoms with E-state index in [1.807, 2.05) is 36.4 Å². The molecule has 0 aromatic heterocycles. The summed E-state index contributed by atoms with van der Waals surface area (Å²) in [5.74, 6) is 0.0110. The maximum absolute atomic E-state index is 12.1. The van der Waals surface area contributed by atoms with Crippen LogP contribution in [0, 0.1) is 0 Å². The third-order valence-electron chi connectivity index (χ3n) is 3.60. The van der Waals surface area contributed by atoms with Gasteiger partial charge in [0.25, 0.3) is 0 Å². The molecule has 25 heavy (non-hydrogen) atoms. The Hall–Kier alpha value is -2.72. The van der Waals surface area contributed by atoms with E-state index in [4.69, 9.17) is 11.6 Å². The van der Waals surface area contributed by atoms with E-state index < -0.39 is 0 Å². The SMILES string of the molecule is CN=C(/C=C\C(=O)CCc1cccc(NC=O)c1)c1cccc(Cl)c1. The zero-order chi connectivity index (χ0) is 18.1. The number of benzene rings is 2. The second kappa shape index (κ2) is 9.55. The Morgan fingerprint density at radius 2 is 1.96 bits per heavy atom. The maximum atomic E-state index is 12.1. The predicted molar refractivity (Wildman–Crippen MR) is 103 cm³/mol. The fourth-order valence-electron chi connectivity index (χ4n) is 2.36. The van der Waals surface area contributed by atoms with Crippen molar-refractivity contribution in [1.29, 1.82) is 0 Å². The first-order chi connectivity index (χ1) is 12.1. The molecule has 0 unspecified atom stereocenters. The van der Waals surface area contributed by atoms with Crippen LogP contribution in [0.5, 0.6) is 0 Å². The standard InChI is InChI=1S/C20H19ClN2O2/c1-22-20(16-5-3-6-17(21)13-16)11-10-19(25)9-8-15-4-2-7-18(12-15)23-14-24/h2-7,10-14H,8-9H2,1H3,(H,23,24)/b11-10-,22-20?. The Morgan fingerprint density at radius 3 is 2.68 bits per heavy atom. The van der Waals surface area contributed by atoms with Crippen molar-refractivity contribution in [3.63, 3.8) is 0 Å². The lowest BCUT2D eigenvalue weighted by Gasteiger charge is -2.03. The Balaban J connectivity index is 1.96. The molecule has 0 aliphatic heterocycles. The number of aliphatic imine (C=N–C) groups is 1. The van der Waals surface area contributed by atoms with Gasteiger partial charge in [0.1, 0.15) is 0 Å². The third kappa shape index (κ3) is 6.01. The summed E-state index contributed by atoms with van der Waals surface area (Å²) in [6, 6.07) is 14.8. The molecule has 0 heterocycles. The maximum Gasteiger partial charge on any atom is 0.211 e. The lowest BCUT2D eigenvalue weighted by atomic mass is 10.1. The van der Waals surface area contributed by atoms with Crippen LogP contribution in [0.3, 0.4) is 0 Å². The average molecular weight is 355 g/mol. The van der Waals surface area contributed by atoms with Gasteiger partial charge in [0.15, 0.2) is 5.78 Å². The first kappa shape index (κ1) is 18.6. The van der Waals surface area contributed by atoms with E-state index in [1.54, 1.807) is 25.3 Å². The number of aryl methyl sites for hydroxylation is 1. The lowest BCUT2D eigenvalue weighted by molar-refractivity contribution is -0.114. The normalized spacial score (nSPS) is 11.5. The molecule has 0 aliphatic rings. The van der Waals surface area contributed by atoms with Crippen molar-refractivity contribution in [2.24, 2.45) is 4.99 Å². The Kier molecular flexibility index (Phi) is 7.11. The molecule has 1 N–H and O–H groups in total. The van der Waals surface area contributed by atoms with Crippen LogP contribution in [0.15, 0.2) is 65.7 Å². The Bertz CT molecular complexity index is 813. The van der Waals surface area contributed by atoms with E-state index in [2.05, 4.69) is 10.3 Å². The van der Waals surface area contributed by atoms with Gasteiger partial charge in [-0.25, -0.2) is 0 Å². The quantitative estimate of drug-likeness (QED) is 0.441. The van der Waals surface area contributed by atoms with Crippen molar-refractivity contribution in [2.45, 2.75) is 12.8 Å². The number of anilines is 1. The molecule has 128 valence electrons. The number of ketones is 1. The highest BCUT2D eigenvalue weighted by molar-refractivity contribution is 6.31. The van der Waals surface area contributed by atoms with E-state index in [0.717, 1.165) is 16.8 Å². The molecule has 0 fully saturated rings. The van der Waals surface area contributed by atoms with Gasteiger partial charge >= 0.3 is 0 Å². The molecule has 4 nitrogen and oxygen atoms in total. The minimum Gasteiger partial charge on any atom is -0.329 e. The smallest absolute Gasteiger partial charge is 0.211 e. The van der Waals surface area contributed by atoms with Crippen molar-refractivity contribution in [3.05, 3.63) is 76.8 Å². The lowest BCUT2D eigenvalue weighted by Crippen LogP contribution is -2.01. The van der Waals surface area contributed by atoms with Crippen molar-refractivity contribution >= 4 is 35.2 Å². The van der Waals surface area contributed by atoms with Crippen LogP contribution in [0.1, 0.15) is 17.5 Å². The van der Waals surface area contributed by atoms with E-state index >= 15 is 0 Å². The highest BCUT2D eigenvalue weighted by atomic mass is 35.5. The average Bonchev–Trinajstić information content (AvgIpc) is 2.61. The summed E-state index contributed by atoms with van der Waals surface area (Å²) in [5, 5.41) is 3.23. The minimum absolute atomic E-state index is 0.0110. The molecule has 0 saturated carbocycles. The molecular formula is C20H19ClN2O2. The number of hydrogen-bond donors (Lipinski definition) is 1. The van der Waals surface area contributed by atoms with Crippen molar-refractivity contribution < 1.29 is 9.59 Å². The molecule has 0 radical (unpaired) electrons. The van der Waals surface area contributed by atoms with Gasteiger partial charge in [-0.2, -0.15) is 0 Å². The van der Waals surface area contributed by atoms with Gasteiger partial charge in [-0.1, -0.05) is 35.9 Å². The third-order valence-corrected chi connectivity index (χ3v) is 3.84. The number of hydrogen-bond acceptors (Lipinski definition) is 3. The van der Waals surface area contributed by atoms with Gasteiger partial charge in [0.05, 0.1) is 5.71 Å². The first-order valence-corrected chi connectivity index (χ1v) is 8.23. The fraction of sp³-hybridized carbons (Fsp3) is 0.150. The van der Waals surface area contributed by atoms with Gasteiger partial charge < -0.3 is 5.32 Å². The molecule has 1 amide bonds. The van der Waals surface area contributed by atoms with Crippen molar-refractivity contribution in [1.82, 2.24) is 0 Å². The van der Waals surface area contributed by atoms with Crippen LogP contribution in [0.25, 0.3) is 0 Å². The molecule has 0 aliphatic carbocycles. The number of nitrogens with zero attached hydrogens (tertiary/aromatic N) is 1. The molecule has 2 rings (SSSR count). The monoisotopic (exact) mass is 354 g/mol. The van der Waals surface area contributed by atoms with Gasteiger partial charge in [0, 0.05) is 29.7 Å². The summed E-state index contributed by atoms with van der Waals surface area (Å²) in [5.41, 5.74) is 3.28. The fourth-order valence-corrected chi connectivity index (χ4v) is 2.55. The summed E-state index contributed by atoms with van der Waals surface area (Å²) in [6.07, 6.45) is 4.87. The number of rotatable bonds is 8. The molecule has 2 aromatic carbocycles. The summed E-state index contributed by atoms with van der Waals surface area (Å²) in [4.78, 5) is 26.8. The van der Waals surface area contributed by atoms with Gasteiger partial charge in [0.2, 0.25) is 6.41 Å². The van der Waals surface area contributed by atoms with E-state index in [0.29, 0.717) is 30.0 Å². The summed E-state index contributed by atoms with van der Waals surface area (Å²) >= 11 is 5.99. The van der Waals surface area contributed by atoms with E-state index in [-0.39, 0.29) is 5.78 Å². The molecule has 0 spiro atoms. The zero-order valence-electron chi connectivity index (χ0n) is 13.9. The number of carbonyl (C=O) groups is 2. The zero-order valence-corrected chi connectivity index (χ0v) is 14.7. The number of amides is 1. The van der Waals surface area contributed by atoms with Crippen LogP contribution in [-0.2, 0) is 16.0 Å². The second-order valence-corrected chi connectivity index (χ2v) is 5.82. The molecule has 0 saturated heterocycles. The Morgan fingerprint density at radius 1 is 1.16 bits per heavy atom. The number of carbonyl (C=O) groups excluding carboxylic acids is 2. The molecular weight excluding hydrogens is 336 g/mol. The van der Waals surface area contributed by atoms with Crippen LogP contribution in [0.2, 0.25) is 5.02 Å². The number of halogens is 1.